The van der Waals surface area contributed by atoms with Crippen molar-refractivity contribution in [2.75, 3.05) is 0 Å². The van der Waals surface area contributed by atoms with Gasteiger partial charge in [-0.3, -0.25) is 5.32 Å². The predicted octanol–water partition coefficient (Wildman–Crippen LogP) is 2.60. The molecule has 0 heterocycles. The van der Waals surface area contributed by atoms with E-state index in [9.17, 15) is 0 Å². The quantitative estimate of drug-likeness (QED) is 0.730. The molecular formula is C12H20N2. The van der Waals surface area contributed by atoms with Crippen LogP contribution in [0.4, 0.5) is 0 Å². The van der Waals surface area contributed by atoms with Gasteiger partial charge in [-0.25, -0.2) is 0 Å². The van der Waals surface area contributed by atoms with Crippen LogP contribution in [-0.2, 0) is 0 Å². The van der Waals surface area contributed by atoms with E-state index in [0.717, 1.165) is 18.8 Å². The molecule has 0 aliphatic heterocycles. The fourth-order valence-corrected chi connectivity index (χ4v) is 2.61. The van der Waals surface area contributed by atoms with Crippen molar-refractivity contribution >= 4 is 0 Å². The number of nitrogens with one attached hydrogen (secondary N) is 1. The van der Waals surface area contributed by atoms with Crippen LogP contribution >= 0.6 is 0 Å². The summed E-state index contributed by atoms with van der Waals surface area (Å²) in [4.78, 5) is 0. The van der Waals surface area contributed by atoms with Crippen molar-refractivity contribution in [2.45, 2.75) is 63.5 Å². The van der Waals surface area contributed by atoms with Crippen LogP contribution in [0.5, 0.6) is 0 Å². The van der Waals surface area contributed by atoms with Crippen LogP contribution < -0.4 is 5.32 Å². The third-order valence-corrected chi connectivity index (χ3v) is 3.92. The zero-order valence-corrected chi connectivity index (χ0v) is 9.05. The maximum atomic E-state index is 9.11. The first-order valence-corrected chi connectivity index (χ1v) is 5.93. The number of hydrogen-bond donors (Lipinski definition) is 1. The zero-order valence-electron chi connectivity index (χ0n) is 9.05. The largest absolute Gasteiger partial charge is 0.297 e. The Morgan fingerprint density at radius 3 is 2.29 bits per heavy atom. The first kappa shape index (κ1) is 9.98. The molecule has 0 saturated heterocycles. The second kappa shape index (κ2) is 3.90. The summed E-state index contributed by atoms with van der Waals surface area (Å²) in [6.07, 6.45) is 8.56. The summed E-state index contributed by atoms with van der Waals surface area (Å²) in [5.74, 6) is 0.896. The van der Waals surface area contributed by atoms with Crippen LogP contribution in [-0.4, -0.2) is 11.6 Å². The van der Waals surface area contributed by atoms with E-state index in [0.29, 0.717) is 6.04 Å². The number of nitriles is 1. The Morgan fingerprint density at radius 1 is 1.21 bits per heavy atom. The Labute approximate surface area is 86.7 Å². The lowest BCUT2D eigenvalue weighted by atomic mass is 9.76. The van der Waals surface area contributed by atoms with E-state index in [1.807, 2.05) is 0 Å². The minimum absolute atomic E-state index is 0.134. The van der Waals surface area contributed by atoms with E-state index in [1.54, 1.807) is 0 Å². The van der Waals surface area contributed by atoms with Crippen molar-refractivity contribution in [2.24, 2.45) is 5.92 Å². The maximum Gasteiger partial charge on any atom is 0.106 e. The molecule has 0 atom stereocenters. The molecule has 1 N–H and O–H groups in total. The Morgan fingerprint density at radius 2 is 1.86 bits per heavy atom. The van der Waals surface area contributed by atoms with Crippen LogP contribution in [0.1, 0.15) is 51.9 Å². The summed E-state index contributed by atoms with van der Waals surface area (Å²) in [5, 5.41) is 12.7. The smallest absolute Gasteiger partial charge is 0.106 e. The molecule has 0 bridgehead atoms. The van der Waals surface area contributed by atoms with Crippen molar-refractivity contribution in [1.29, 1.82) is 5.26 Å². The number of nitrogens with zero attached hydrogens (tertiary/aromatic N) is 1. The molecule has 2 aliphatic rings. The molecule has 2 saturated carbocycles. The molecule has 0 aromatic rings. The summed E-state index contributed by atoms with van der Waals surface area (Å²) in [6.45, 7) is 2.33. The van der Waals surface area contributed by atoms with Gasteiger partial charge in [0.25, 0.3) is 0 Å². The van der Waals surface area contributed by atoms with E-state index in [2.05, 4.69) is 18.3 Å². The van der Waals surface area contributed by atoms with Gasteiger partial charge in [-0.15, -0.1) is 0 Å². The molecule has 2 rings (SSSR count). The van der Waals surface area contributed by atoms with Crippen LogP contribution in [0, 0.1) is 17.2 Å². The van der Waals surface area contributed by atoms with Gasteiger partial charge in [0.1, 0.15) is 5.54 Å². The fourth-order valence-electron chi connectivity index (χ4n) is 2.61. The Balaban J connectivity index is 1.83. The molecule has 0 aromatic heterocycles. The molecule has 2 nitrogen and oxygen atoms in total. The van der Waals surface area contributed by atoms with Crippen LogP contribution in [0.2, 0.25) is 0 Å². The van der Waals surface area contributed by atoms with Gasteiger partial charge >= 0.3 is 0 Å². The van der Waals surface area contributed by atoms with Gasteiger partial charge in [0.05, 0.1) is 6.07 Å². The normalized spacial score (nSPS) is 35.7. The number of rotatable bonds is 2. The second-order valence-electron chi connectivity index (χ2n) is 5.15. The van der Waals surface area contributed by atoms with Gasteiger partial charge in [-0.05, 0) is 50.9 Å². The van der Waals surface area contributed by atoms with Gasteiger partial charge in [0, 0.05) is 6.04 Å². The minimum Gasteiger partial charge on any atom is -0.297 e. The summed E-state index contributed by atoms with van der Waals surface area (Å²) < 4.78 is 0. The predicted molar refractivity (Wildman–Crippen MR) is 56.8 cm³/mol. The third-order valence-electron chi connectivity index (χ3n) is 3.92. The molecule has 14 heavy (non-hydrogen) atoms. The molecule has 78 valence electrons. The lowest BCUT2D eigenvalue weighted by Crippen LogP contribution is -2.54. The lowest BCUT2D eigenvalue weighted by Gasteiger charge is -2.41. The fraction of sp³-hybridized carbons (Fsp3) is 0.917. The van der Waals surface area contributed by atoms with Gasteiger partial charge in [0.2, 0.25) is 0 Å². The molecule has 2 aliphatic carbocycles. The molecule has 0 aromatic carbocycles. The first-order chi connectivity index (χ1) is 6.74. The summed E-state index contributed by atoms with van der Waals surface area (Å²) in [6, 6.07) is 3.08. The van der Waals surface area contributed by atoms with Gasteiger partial charge in [-0.1, -0.05) is 6.92 Å². The van der Waals surface area contributed by atoms with Gasteiger partial charge < -0.3 is 0 Å². The second-order valence-corrected chi connectivity index (χ2v) is 5.15. The Bertz CT molecular complexity index is 229. The lowest BCUT2D eigenvalue weighted by molar-refractivity contribution is 0.191. The van der Waals surface area contributed by atoms with Crippen LogP contribution in [0.25, 0.3) is 0 Å². The van der Waals surface area contributed by atoms with Crippen LogP contribution in [0.15, 0.2) is 0 Å². The Kier molecular flexibility index (Phi) is 2.78. The van der Waals surface area contributed by atoms with E-state index < -0.39 is 0 Å². The number of hydrogen-bond acceptors (Lipinski definition) is 2. The highest BCUT2D eigenvalue weighted by molar-refractivity contribution is 5.13. The zero-order chi connectivity index (χ0) is 10.0. The van der Waals surface area contributed by atoms with E-state index >= 15 is 0 Å². The van der Waals surface area contributed by atoms with E-state index in [1.165, 1.54) is 32.1 Å². The average Bonchev–Trinajstić information content (AvgIpc) is 2.15. The molecule has 2 heteroatoms. The highest BCUT2D eigenvalue weighted by atomic mass is 15.0. The van der Waals surface area contributed by atoms with Gasteiger partial charge in [0.15, 0.2) is 0 Å². The maximum absolute atomic E-state index is 9.11. The van der Waals surface area contributed by atoms with Gasteiger partial charge in [-0.2, -0.15) is 5.26 Å². The summed E-state index contributed by atoms with van der Waals surface area (Å²) in [7, 11) is 0. The molecule has 0 unspecified atom stereocenters. The molecule has 0 spiro atoms. The first-order valence-electron chi connectivity index (χ1n) is 5.93. The highest BCUT2D eigenvalue weighted by Crippen LogP contribution is 2.34. The van der Waals surface area contributed by atoms with Crippen molar-refractivity contribution in [3.63, 3.8) is 0 Å². The molecule has 2 fully saturated rings. The van der Waals surface area contributed by atoms with Crippen LogP contribution in [0.3, 0.4) is 0 Å². The summed E-state index contributed by atoms with van der Waals surface area (Å²) in [5.41, 5.74) is -0.134. The Hall–Kier alpha value is -0.550. The third kappa shape index (κ3) is 1.93. The van der Waals surface area contributed by atoms with E-state index in [4.69, 9.17) is 5.26 Å². The molecular weight excluding hydrogens is 172 g/mol. The highest BCUT2D eigenvalue weighted by Gasteiger charge is 2.39. The van der Waals surface area contributed by atoms with Crippen molar-refractivity contribution < 1.29 is 0 Å². The molecule has 0 amide bonds. The van der Waals surface area contributed by atoms with Crippen molar-refractivity contribution in [1.82, 2.24) is 5.32 Å². The average molecular weight is 192 g/mol. The standard InChI is InChI=1S/C12H20N2/c1-10-3-5-11(6-4-10)14-12(9-13)7-2-8-12/h10-11,14H,2-8H2,1H3. The van der Waals surface area contributed by atoms with E-state index in [-0.39, 0.29) is 5.54 Å². The molecule has 0 radical (unpaired) electrons. The monoisotopic (exact) mass is 192 g/mol. The van der Waals surface area contributed by atoms with Crippen molar-refractivity contribution in [3.8, 4) is 6.07 Å². The minimum atomic E-state index is -0.134. The SMILES string of the molecule is CC1CCC(NC2(C#N)CCC2)CC1. The van der Waals surface area contributed by atoms with Crippen molar-refractivity contribution in [3.05, 3.63) is 0 Å². The topological polar surface area (TPSA) is 35.8 Å². The summed E-state index contributed by atoms with van der Waals surface area (Å²) >= 11 is 0.